The zero-order chi connectivity index (χ0) is 6.91. The van der Waals surface area contributed by atoms with Gasteiger partial charge in [-0.25, -0.2) is 0 Å². The maximum absolute atomic E-state index is 4.10. The number of allylic oxidation sites excluding steroid dienone is 1. The van der Waals surface area contributed by atoms with Gasteiger partial charge in [-0.3, -0.25) is 0 Å². The third-order valence-electron chi connectivity index (χ3n) is 1.67. The molecule has 0 spiro atoms. The molecule has 1 rings (SSSR count). The first-order valence-electron chi connectivity index (χ1n) is 3.29. The highest BCUT2D eigenvalue weighted by atomic mass is 15.2. The van der Waals surface area contributed by atoms with Crippen LogP contribution in [0, 0.1) is 0 Å². The van der Waals surface area contributed by atoms with Gasteiger partial charge in [0, 0.05) is 0 Å². The van der Waals surface area contributed by atoms with Crippen molar-refractivity contribution in [1.29, 1.82) is 0 Å². The van der Waals surface area contributed by atoms with Crippen molar-refractivity contribution >= 4 is 0 Å². The standard InChI is InChI=1S/C7H12N2/c1-4-7(3)5-6(2)8-9-7/h5H,4H2,1-3H3. The highest BCUT2D eigenvalue weighted by molar-refractivity contribution is 5.13. The van der Waals surface area contributed by atoms with Gasteiger partial charge < -0.3 is 0 Å². The van der Waals surface area contributed by atoms with E-state index in [2.05, 4.69) is 30.2 Å². The lowest BCUT2D eigenvalue weighted by molar-refractivity contribution is 0.558. The van der Waals surface area contributed by atoms with Crippen molar-refractivity contribution in [3.05, 3.63) is 11.8 Å². The topological polar surface area (TPSA) is 24.7 Å². The van der Waals surface area contributed by atoms with E-state index in [1.54, 1.807) is 0 Å². The van der Waals surface area contributed by atoms with Crippen molar-refractivity contribution in [3.8, 4) is 0 Å². The first-order valence-corrected chi connectivity index (χ1v) is 3.29. The van der Waals surface area contributed by atoms with Gasteiger partial charge in [-0.2, -0.15) is 10.2 Å². The van der Waals surface area contributed by atoms with Gasteiger partial charge in [-0.1, -0.05) is 6.92 Å². The summed E-state index contributed by atoms with van der Waals surface area (Å²) in [5.41, 5.74) is 1.05. The van der Waals surface area contributed by atoms with Crippen molar-refractivity contribution in [3.63, 3.8) is 0 Å². The fourth-order valence-electron chi connectivity index (χ4n) is 0.874. The Morgan fingerprint density at radius 2 is 2.33 bits per heavy atom. The molecule has 2 heteroatoms. The normalized spacial score (nSPS) is 33.0. The Morgan fingerprint density at radius 3 is 2.56 bits per heavy atom. The molecule has 0 saturated carbocycles. The van der Waals surface area contributed by atoms with Crippen LogP contribution in [0.1, 0.15) is 27.2 Å². The summed E-state index contributed by atoms with van der Waals surface area (Å²) in [6, 6.07) is 0. The Bertz CT molecular complexity index is 170. The number of nitrogens with zero attached hydrogens (tertiary/aromatic N) is 2. The van der Waals surface area contributed by atoms with E-state index < -0.39 is 0 Å². The number of azo groups is 1. The summed E-state index contributed by atoms with van der Waals surface area (Å²) in [7, 11) is 0. The lowest BCUT2D eigenvalue weighted by Gasteiger charge is -2.11. The number of hydrogen-bond donors (Lipinski definition) is 0. The third kappa shape index (κ3) is 1.18. The zero-order valence-electron chi connectivity index (χ0n) is 6.18. The summed E-state index contributed by atoms with van der Waals surface area (Å²) < 4.78 is 0. The molecule has 0 aromatic carbocycles. The van der Waals surface area contributed by atoms with E-state index in [1.165, 1.54) is 0 Å². The number of hydrogen-bond acceptors (Lipinski definition) is 2. The van der Waals surface area contributed by atoms with Gasteiger partial charge in [-0.05, 0) is 26.3 Å². The van der Waals surface area contributed by atoms with E-state index in [0.29, 0.717) is 0 Å². The molecule has 0 aliphatic carbocycles. The molecule has 0 radical (unpaired) electrons. The minimum absolute atomic E-state index is 0.00405. The van der Waals surface area contributed by atoms with E-state index in [1.807, 2.05) is 6.92 Å². The summed E-state index contributed by atoms with van der Waals surface area (Å²) in [4.78, 5) is 0. The van der Waals surface area contributed by atoms with Gasteiger partial charge >= 0.3 is 0 Å². The SMILES string of the molecule is CCC1(C)C=C(C)N=N1. The molecule has 0 amide bonds. The molecule has 0 saturated heterocycles. The van der Waals surface area contributed by atoms with Crippen LogP contribution >= 0.6 is 0 Å². The Hall–Kier alpha value is -0.660. The van der Waals surface area contributed by atoms with Crippen molar-refractivity contribution in [2.75, 3.05) is 0 Å². The summed E-state index contributed by atoms with van der Waals surface area (Å²) >= 11 is 0. The van der Waals surface area contributed by atoms with Crippen molar-refractivity contribution in [2.45, 2.75) is 32.7 Å². The minimum Gasteiger partial charge on any atom is -0.178 e. The van der Waals surface area contributed by atoms with Crippen LogP contribution in [-0.4, -0.2) is 5.54 Å². The molecule has 0 bridgehead atoms. The van der Waals surface area contributed by atoms with E-state index >= 15 is 0 Å². The molecule has 1 atom stereocenters. The van der Waals surface area contributed by atoms with Crippen LogP contribution in [0.25, 0.3) is 0 Å². The molecule has 2 nitrogen and oxygen atoms in total. The van der Waals surface area contributed by atoms with E-state index in [-0.39, 0.29) is 5.54 Å². The second-order valence-electron chi connectivity index (χ2n) is 2.70. The van der Waals surface area contributed by atoms with Crippen molar-refractivity contribution in [1.82, 2.24) is 0 Å². The summed E-state index contributed by atoms with van der Waals surface area (Å²) in [6.07, 6.45) is 3.14. The Kier molecular flexibility index (Phi) is 1.39. The molecule has 50 valence electrons. The van der Waals surface area contributed by atoms with Crippen LogP contribution in [0.4, 0.5) is 0 Å². The Labute approximate surface area is 55.7 Å². The summed E-state index contributed by atoms with van der Waals surface area (Å²) in [6.45, 7) is 6.19. The van der Waals surface area contributed by atoms with Crippen LogP contribution in [0.2, 0.25) is 0 Å². The maximum atomic E-state index is 4.10. The molecule has 1 heterocycles. The molecule has 1 aliphatic rings. The van der Waals surface area contributed by atoms with E-state index in [4.69, 9.17) is 0 Å². The fraction of sp³-hybridized carbons (Fsp3) is 0.714. The first-order chi connectivity index (χ1) is 4.16. The molecule has 0 fully saturated rings. The number of rotatable bonds is 1. The highest BCUT2D eigenvalue weighted by Gasteiger charge is 2.21. The van der Waals surface area contributed by atoms with Crippen LogP contribution in [-0.2, 0) is 0 Å². The molecule has 9 heavy (non-hydrogen) atoms. The predicted molar refractivity (Wildman–Crippen MR) is 37.3 cm³/mol. The second kappa shape index (κ2) is 1.94. The molecular weight excluding hydrogens is 112 g/mol. The van der Waals surface area contributed by atoms with Gasteiger partial charge in [0.25, 0.3) is 0 Å². The summed E-state index contributed by atoms with van der Waals surface area (Å²) in [5, 5.41) is 8.05. The Morgan fingerprint density at radius 1 is 1.67 bits per heavy atom. The van der Waals surface area contributed by atoms with Gasteiger partial charge in [0.15, 0.2) is 0 Å². The van der Waals surface area contributed by atoms with E-state index in [0.717, 1.165) is 12.1 Å². The van der Waals surface area contributed by atoms with Crippen LogP contribution in [0.5, 0.6) is 0 Å². The van der Waals surface area contributed by atoms with Crippen LogP contribution < -0.4 is 0 Å². The van der Waals surface area contributed by atoms with Gasteiger partial charge in [-0.15, -0.1) is 0 Å². The monoisotopic (exact) mass is 124 g/mol. The van der Waals surface area contributed by atoms with Gasteiger partial charge in [0.05, 0.1) is 11.2 Å². The molecule has 0 aromatic rings. The highest BCUT2D eigenvalue weighted by Crippen LogP contribution is 2.25. The molecule has 1 aliphatic heterocycles. The average molecular weight is 124 g/mol. The van der Waals surface area contributed by atoms with Gasteiger partial charge in [0.1, 0.15) is 0 Å². The van der Waals surface area contributed by atoms with Gasteiger partial charge in [0.2, 0.25) is 0 Å². The third-order valence-corrected chi connectivity index (χ3v) is 1.67. The average Bonchev–Trinajstić information content (AvgIpc) is 2.13. The molecule has 1 unspecified atom stereocenters. The molecular formula is C7H12N2. The van der Waals surface area contributed by atoms with Crippen LogP contribution in [0.15, 0.2) is 22.0 Å². The zero-order valence-corrected chi connectivity index (χ0v) is 6.18. The lowest BCUT2D eigenvalue weighted by Crippen LogP contribution is -2.13. The van der Waals surface area contributed by atoms with Crippen LogP contribution in [0.3, 0.4) is 0 Å². The smallest absolute Gasteiger partial charge is 0.0990 e. The second-order valence-corrected chi connectivity index (χ2v) is 2.70. The maximum Gasteiger partial charge on any atom is 0.0990 e. The lowest BCUT2D eigenvalue weighted by atomic mass is 10.0. The molecule has 0 aromatic heterocycles. The Balaban J connectivity index is 2.78. The first kappa shape index (κ1) is 6.46. The summed E-state index contributed by atoms with van der Waals surface area (Å²) in [5.74, 6) is 0. The largest absolute Gasteiger partial charge is 0.178 e. The van der Waals surface area contributed by atoms with Crippen molar-refractivity contribution in [2.24, 2.45) is 10.2 Å². The van der Waals surface area contributed by atoms with E-state index in [9.17, 15) is 0 Å². The minimum atomic E-state index is 0.00405. The molecule has 0 N–H and O–H groups in total. The predicted octanol–water partition coefficient (Wildman–Crippen LogP) is 2.52. The van der Waals surface area contributed by atoms with Crippen molar-refractivity contribution < 1.29 is 0 Å². The fourth-order valence-corrected chi connectivity index (χ4v) is 0.874. The quantitative estimate of drug-likeness (QED) is 0.513.